The van der Waals surface area contributed by atoms with E-state index in [4.69, 9.17) is 16.6 Å². The summed E-state index contributed by atoms with van der Waals surface area (Å²) in [6, 6.07) is 13.4. The smallest absolute Gasteiger partial charge is 0.269 e. The van der Waals surface area contributed by atoms with Gasteiger partial charge in [0.1, 0.15) is 11.3 Å². The Morgan fingerprint density at radius 3 is 2.74 bits per heavy atom. The quantitative estimate of drug-likeness (QED) is 0.249. The maximum atomic E-state index is 12.8. The van der Waals surface area contributed by atoms with Gasteiger partial charge in [-0.05, 0) is 31.0 Å². The number of amides is 1. The molecule has 0 aliphatic rings. The van der Waals surface area contributed by atoms with Gasteiger partial charge < -0.3 is 9.88 Å². The highest BCUT2D eigenvalue weighted by Crippen LogP contribution is 2.27. The van der Waals surface area contributed by atoms with Crippen molar-refractivity contribution in [2.45, 2.75) is 39.7 Å². The molecule has 2 aromatic heterocycles. The molecule has 0 saturated carbocycles. The number of imidazole rings is 1. The maximum Gasteiger partial charge on any atom is 0.269 e. The first-order valence-electron chi connectivity index (χ1n) is 11.0. The SMILES string of the molecule is CCCCc1nc2c(C)c(NC(=O)c3ccccc3Cl)cnc2n1Cc1cccc([N+](=O)[O-])c1. The molecule has 174 valence electrons. The average Bonchev–Trinajstić information content (AvgIpc) is 3.17. The summed E-state index contributed by atoms with van der Waals surface area (Å²) in [6.45, 7) is 4.41. The summed E-state index contributed by atoms with van der Waals surface area (Å²) >= 11 is 6.17. The van der Waals surface area contributed by atoms with Crippen LogP contribution in [-0.4, -0.2) is 25.4 Å². The van der Waals surface area contributed by atoms with Gasteiger partial charge in [0.15, 0.2) is 5.65 Å². The van der Waals surface area contributed by atoms with Gasteiger partial charge in [-0.15, -0.1) is 0 Å². The molecule has 1 amide bonds. The van der Waals surface area contributed by atoms with Gasteiger partial charge in [-0.25, -0.2) is 9.97 Å². The molecule has 0 aliphatic heterocycles. The van der Waals surface area contributed by atoms with Crippen LogP contribution in [0.15, 0.2) is 54.7 Å². The van der Waals surface area contributed by atoms with E-state index in [9.17, 15) is 14.9 Å². The van der Waals surface area contributed by atoms with Crippen molar-refractivity contribution >= 4 is 40.0 Å². The molecule has 1 N–H and O–H groups in total. The molecule has 0 spiro atoms. The van der Waals surface area contributed by atoms with Crippen LogP contribution in [0.25, 0.3) is 11.2 Å². The van der Waals surface area contributed by atoms with Gasteiger partial charge in [0.2, 0.25) is 0 Å². The van der Waals surface area contributed by atoms with E-state index in [0.717, 1.165) is 36.2 Å². The van der Waals surface area contributed by atoms with Gasteiger partial charge in [0, 0.05) is 24.1 Å². The van der Waals surface area contributed by atoms with Crippen molar-refractivity contribution in [1.29, 1.82) is 0 Å². The fraction of sp³-hybridized carbons (Fsp3) is 0.240. The van der Waals surface area contributed by atoms with E-state index in [-0.39, 0.29) is 11.6 Å². The summed E-state index contributed by atoms with van der Waals surface area (Å²) in [5.41, 5.74) is 3.93. The number of anilines is 1. The number of nitrogens with one attached hydrogen (secondary N) is 1. The Hall–Kier alpha value is -3.78. The van der Waals surface area contributed by atoms with Crippen LogP contribution in [0, 0.1) is 17.0 Å². The minimum Gasteiger partial charge on any atom is -0.320 e. The number of hydrogen-bond acceptors (Lipinski definition) is 5. The number of benzene rings is 2. The fourth-order valence-corrected chi connectivity index (χ4v) is 4.05. The van der Waals surface area contributed by atoms with Gasteiger partial charge in [0.05, 0.1) is 33.9 Å². The number of rotatable bonds is 8. The molecule has 0 radical (unpaired) electrons. The molecule has 4 aromatic rings. The predicted octanol–water partition coefficient (Wildman–Crippen LogP) is 5.94. The van der Waals surface area contributed by atoms with Crippen LogP contribution in [0.1, 0.15) is 47.1 Å². The number of aromatic nitrogens is 3. The van der Waals surface area contributed by atoms with Gasteiger partial charge in [0.25, 0.3) is 11.6 Å². The highest BCUT2D eigenvalue weighted by molar-refractivity contribution is 6.34. The van der Waals surface area contributed by atoms with E-state index in [1.54, 1.807) is 42.6 Å². The molecule has 9 heteroatoms. The molecule has 0 bridgehead atoms. The number of carbonyl (C=O) groups excluding carboxylic acids is 1. The topological polar surface area (TPSA) is 103 Å². The maximum absolute atomic E-state index is 12.8. The Balaban J connectivity index is 1.72. The molecule has 0 atom stereocenters. The third kappa shape index (κ3) is 4.77. The number of non-ortho nitro benzene ring substituents is 1. The molecule has 2 aromatic carbocycles. The number of carbonyl (C=O) groups is 1. The standard InChI is InChI=1S/C25H24ClN5O3/c1-3-4-12-22-29-23-16(2)21(28-25(32)19-10-5-6-11-20(19)26)14-27-24(23)30(22)15-17-8-7-9-18(13-17)31(33)34/h5-11,13-14H,3-4,12,15H2,1-2H3,(H,28,32). The molecule has 34 heavy (non-hydrogen) atoms. The molecule has 0 aliphatic carbocycles. The number of halogens is 1. The summed E-state index contributed by atoms with van der Waals surface area (Å²) in [4.78, 5) is 33.0. The molecule has 0 fully saturated rings. The van der Waals surface area contributed by atoms with Crippen molar-refractivity contribution in [2.24, 2.45) is 0 Å². The lowest BCUT2D eigenvalue weighted by Crippen LogP contribution is -2.13. The van der Waals surface area contributed by atoms with E-state index in [2.05, 4.69) is 17.2 Å². The third-order valence-corrected chi connectivity index (χ3v) is 6.01. The van der Waals surface area contributed by atoms with Crippen molar-refractivity contribution in [1.82, 2.24) is 14.5 Å². The first-order chi connectivity index (χ1) is 16.4. The average molecular weight is 478 g/mol. The van der Waals surface area contributed by atoms with Gasteiger partial charge >= 0.3 is 0 Å². The second-order valence-electron chi connectivity index (χ2n) is 8.05. The first-order valence-corrected chi connectivity index (χ1v) is 11.4. The number of fused-ring (bicyclic) bond motifs is 1. The monoisotopic (exact) mass is 477 g/mol. The molecule has 0 unspecified atom stereocenters. The van der Waals surface area contributed by atoms with Crippen LogP contribution in [0.2, 0.25) is 5.02 Å². The Bertz CT molecular complexity index is 1380. The lowest BCUT2D eigenvalue weighted by molar-refractivity contribution is -0.384. The first kappa shape index (κ1) is 23.4. The zero-order valence-corrected chi connectivity index (χ0v) is 19.7. The zero-order chi connectivity index (χ0) is 24.2. The van der Waals surface area contributed by atoms with Crippen LogP contribution >= 0.6 is 11.6 Å². The Labute approximate surface area is 201 Å². The molecular weight excluding hydrogens is 454 g/mol. The predicted molar refractivity (Wildman–Crippen MR) is 132 cm³/mol. The van der Waals surface area contributed by atoms with E-state index < -0.39 is 4.92 Å². The summed E-state index contributed by atoms with van der Waals surface area (Å²) in [6.07, 6.45) is 4.32. The van der Waals surface area contributed by atoms with Gasteiger partial charge in [-0.2, -0.15) is 0 Å². The fourth-order valence-electron chi connectivity index (χ4n) is 3.83. The number of nitro groups is 1. The largest absolute Gasteiger partial charge is 0.320 e. The number of hydrogen-bond donors (Lipinski definition) is 1. The van der Waals surface area contributed by atoms with Crippen molar-refractivity contribution in [2.75, 3.05) is 5.32 Å². The summed E-state index contributed by atoms with van der Waals surface area (Å²) < 4.78 is 2.00. The Morgan fingerprint density at radius 1 is 1.21 bits per heavy atom. The van der Waals surface area contributed by atoms with E-state index >= 15 is 0 Å². The van der Waals surface area contributed by atoms with E-state index in [1.165, 1.54) is 6.07 Å². The molecule has 0 saturated heterocycles. The second-order valence-corrected chi connectivity index (χ2v) is 8.45. The van der Waals surface area contributed by atoms with Crippen molar-refractivity contribution in [3.05, 3.63) is 92.4 Å². The highest BCUT2D eigenvalue weighted by atomic mass is 35.5. The minimum absolute atomic E-state index is 0.0470. The molecule has 4 rings (SSSR count). The number of nitro benzene ring substituents is 1. The van der Waals surface area contributed by atoms with Crippen LogP contribution < -0.4 is 5.32 Å². The summed E-state index contributed by atoms with van der Waals surface area (Å²) in [5, 5.41) is 14.5. The summed E-state index contributed by atoms with van der Waals surface area (Å²) in [7, 11) is 0. The number of nitrogens with zero attached hydrogens (tertiary/aromatic N) is 4. The van der Waals surface area contributed by atoms with Gasteiger partial charge in [-0.1, -0.05) is 49.2 Å². The Kier molecular flexibility index (Phi) is 6.88. The number of aryl methyl sites for hydroxylation is 2. The van der Waals surface area contributed by atoms with Crippen molar-refractivity contribution in [3.63, 3.8) is 0 Å². The minimum atomic E-state index is -0.399. The van der Waals surface area contributed by atoms with Gasteiger partial charge in [-0.3, -0.25) is 14.9 Å². The zero-order valence-electron chi connectivity index (χ0n) is 18.9. The van der Waals surface area contributed by atoms with Crippen molar-refractivity contribution in [3.8, 4) is 0 Å². The van der Waals surface area contributed by atoms with Crippen LogP contribution in [-0.2, 0) is 13.0 Å². The lowest BCUT2D eigenvalue weighted by Gasteiger charge is -2.11. The Morgan fingerprint density at radius 2 is 2.00 bits per heavy atom. The molecule has 2 heterocycles. The molecule has 8 nitrogen and oxygen atoms in total. The molecular formula is C25H24ClN5O3. The van der Waals surface area contributed by atoms with Crippen LogP contribution in [0.4, 0.5) is 11.4 Å². The van der Waals surface area contributed by atoms with Crippen LogP contribution in [0.3, 0.4) is 0 Å². The van der Waals surface area contributed by atoms with E-state index in [1.807, 2.05) is 17.6 Å². The third-order valence-electron chi connectivity index (χ3n) is 5.68. The normalized spacial score (nSPS) is 11.0. The highest BCUT2D eigenvalue weighted by Gasteiger charge is 2.19. The second kappa shape index (κ2) is 10.0. The summed E-state index contributed by atoms with van der Waals surface area (Å²) in [5.74, 6) is 0.533. The lowest BCUT2D eigenvalue weighted by atomic mass is 10.1. The number of pyridine rings is 1. The van der Waals surface area contributed by atoms with E-state index in [0.29, 0.717) is 34.0 Å². The van der Waals surface area contributed by atoms with Crippen molar-refractivity contribution < 1.29 is 9.72 Å². The number of unbranched alkanes of at least 4 members (excludes halogenated alkanes) is 1. The van der Waals surface area contributed by atoms with Crippen LogP contribution in [0.5, 0.6) is 0 Å².